The molecule has 0 bridgehead atoms. The summed E-state index contributed by atoms with van der Waals surface area (Å²) < 4.78 is 0. The molecule has 6 heteroatoms. The third-order valence-electron chi connectivity index (χ3n) is 2.46. The van der Waals surface area contributed by atoms with Crippen LogP contribution in [0.4, 0.5) is 0 Å². The van der Waals surface area contributed by atoms with Crippen LogP contribution >= 0.6 is 0 Å². The Balaban J connectivity index is 2.54. The van der Waals surface area contributed by atoms with E-state index in [2.05, 4.69) is 5.32 Å². The van der Waals surface area contributed by atoms with Crippen molar-refractivity contribution >= 4 is 11.9 Å². The van der Waals surface area contributed by atoms with E-state index in [-0.39, 0.29) is 12.2 Å². The number of benzene rings is 1. The number of carboxylic acid groups (broad SMARTS) is 1. The zero-order valence-electron chi connectivity index (χ0n) is 9.96. The van der Waals surface area contributed by atoms with Crippen LogP contribution in [0.2, 0.25) is 0 Å². The lowest BCUT2D eigenvalue weighted by Crippen LogP contribution is -2.47. The number of amides is 1. The number of carbonyl (C=O) groups is 2. The van der Waals surface area contributed by atoms with E-state index in [0.717, 1.165) is 5.56 Å². The topological polar surface area (TPSA) is 113 Å². The number of carboxylic acids is 1. The molecule has 5 N–H and O–H groups in total. The second-order valence-electron chi connectivity index (χ2n) is 4.05. The SMILES string of the molecule is C[C@@H](NC(=O)C(N)Cc1ccc(O)cc1)C(=O)O. The zero-order chi connectivity index (χ0) is 13.7. The Bertz CT molecular complexity index is 430. The fourth-order valence-electron chi connectivity index (χ4n) is 1.36. The normalized spacial score (nSPS) is 13.7. The molecular formula is C12H16N2O4. The molecule has 0 saturated carbocycles. The van der Waals surface area contributed by atoms with Gasteiger partial charge in [0.2, 0.25) is 5.91 Å². The molecule has 18 heavy (non-hydrogen) atoms. The Morgan fingerprint density at radius 3 is 2.39 bits per heavy atom. The van der Waals surface area contributed by atoms with Crippen LogP contribution in [0.15, 0.2) is 24.3 Å². The first-order valence-electron chi connectivity index (χ1n) is 5.47. The molecule has 1 amide bonds. The number of rotatable bonds is 5. The van der Waals surface area contributed by atoms with Crippen LogP contribution in [0.1, 0.15) is 12.5 Å². The lowest BCUT2D eigenvalue weighted by molar-refractivity contribution is -0.141. The van der Waals surface area contributed by atoms with Crippen molar-refractivity contribution in [1.29, 1.82) is 0 Å². The van der Waals surface area contributed by atoms with Gasteiger partial charge in [0.25, 0.3) is 0 Å². The summed E-state index contributed by atoms with van der Waals surface area (Å²) in [5, 5.41) is 20.1. The number of hydrogen-bond acceptors (Lipinski definition) is 4. The molecule has 1 aromatic rings. The van der Waals surface area contributed by atoms with E-state index in [9.17, 15) is 9.59 Å². The highest BCUT2D eigenvalue weighted by atomic mass is 16.4. The van der Waals surface area contributed by atoms with Gasteiger partial charge in [-0.25, -0.2) is 0 Å². The molecule has 0 spiro atoms. The van der Waals surface area contributed by atoms with Crippen LogP contribution in [0, 0.1) is 0 Å². The Morgan fingerprint density at radius 2 is 1.89 bits per heavy atom. The van der Waals surface area contributed by atoms with Gasteiger partial charge in [-0.3, -0.25) is 9.59 Å². The van der Waals surface area contributed by atoms with E-state index < -0.39 is 24.0 Å². The molecule has 98 valence electrons. The first kappa shape index (κ1) is 14.0. The van der Waals surface area contributed by atoms with Gasteiger partial charge < -0.3 is 21.3 Å². The van der Waals surface area contributed by atoms with Crippen molar-refractivity contribution in [1.82, 2.24) is 5.32 Å². The van der Waals surface area contributed by atoms with Crippen LogP contribution < -0.4 is 11.1 Å². The average molecular weight is 252 g/mol. The van der Waals surface area contributed by atoms with E-state index in [1.54, 1.807) is 12.1 Å². The molecule has 2 atom stereocenters. The van der Waals surface area contributed by atoms with Gasteiger partial charge >= 0.3 is 5.97 Å². The maximum Gasteiger partial charge on any atom is 0.325 e. The number of carbonyl (C=O) groups excluding carboxylic acids is 1. The minimum Gasteiger partial charge on any atom is -0.508 e. The Labute approximate surface area is 104 Å². The number of nitrogens with one attached hydrogen (secondary N) is 1. The van der Waals surface area contributed by atoms with Crippen molar-refractivity contribution in [2.75, 3.05) is 0 Å². The monoisotopic (exact) mass is 252 g/mol. The molecule has 1 rings (SSSR count). The molecule has 6 nitrogen and oxygen atoms in total. The zero-order valence-corrected chi connectivity index (χ0v) is 9.96. The second kappa shape index (κ2) is 6.02. The van der Waals surface area contributed by atoms with Gasteiger partial charge in [-0.05, 0) is 31.0 Å². The third-order valence-corrected chi connectivity index (χ3v) is 2.46. The van der Waals surface area contributed by atoms with Gasteiger partial charge in [-0.15, -0.1) is 0 Å². The van der Waals surface area contributed by atoms with Crippen molar-refractivity contribution in [2.45, 2.75) is 25.4 Å². The van der Waals surface area contributed by atoms with Crippen molar-refractivity contribution < 1.29 is 19.8 Å². The van der Waals surface area contributed by atoms with Crippen LogP contribution in [-0.2, 0) is 16.0 Å². The van der Waals surface area contributed by atoms with Crippen LogP contribution in [0.5, 0.6) is 5.75 Å². The van der Waals surface area contributed by atoms with Gasteiger partial charge in [0.1, 0.15) is 11.8 Å². The largest absolute Gasteiger partial charge is 0.508 e. The quantitative estimate of drug-likeness (QED) is 0.582. The highest BCUT2D eigenvalue weighted by Gasteiger charge is 2.19. The number of aliphatic carboxylic acids is 1. The third kappa shape index (κ3) is 4.06. The van der Waals surface area contributed by atoms with Crippen molar-refractivity contribution in [3.63, 3.8) is 0 Å². The summed E-state index contributed by atoms with van der Waals surface area (Å²) in [4.78, 5) is 22.2. The smallest absolute Gasteiger partial charge is 0.325 e. The number of aromatic hydroxyl groups is 1. The second-order valence-corrected chi connectivity index (χ2v) is 4.05. The van der Waals surface area contributed by atoms with Crippen molar-refractivity contribution in [3.05, 3.63) is 29.8 Å². The van der Waals surface area contributed by atoms with E-state index in [1.165, 1.54) is 19.1 Å². The fraction of sp³-hybridized carbons (Fsp3) is 0.333. The Kier molecular flexibility index (Phi) is 4.67. The van der Waals surface area contributed by atoms with Crippen LogP contribution in [0.25, 0.3) is 0 Å². The van der Waals surface area contributed by atoms with Gasteiger partial charge in [-0.2, -0.15) is 0 Å². The van der Waals surface area contributed by atoms with Crippen LogP contribution in [-0.4, -0.2) is 34.2 Å². The maximum absolute atomic E-state index is 11.6. The summed E-state index contributed by atoms with van der Waals surface area (Å²) in [5.41, 5.74) is 6.46. The summed E-state index contributed by atoms with van der Waals surface area (Å²) in [7, 11) is 0. The van der Waals surface area contributed by atoms with E-state index in [4.69, 9.17) is 15.9 Å². The summed E-state index contributed by atoms with van der Waals surface area (Å²) in [5.74, 6) is -1.49. The molecule has 0 aliphatic rings. The van der Waals surface area contributed by atoms with Crippen molar-refractivity contribution in [3.8, 4) is 5.75 Å². The van der Waals surface area contributed by atoms with E-state index >= 15 is 0 Å². The minimum absolute atomic E-state index is 0.135. The molecule has 0 radical (unpaired) electrons. The maximum atomic E-state index is 11.6. The van der Waals surface area contributed by atoms with Gasteiger partial charge in [0.05, 0.1) is 6.04 Å². The number of phenols is 1. The number of phenolic OH excluding ortho intramolecular Hbond substituents is 1. The van der Waals surface area contributed by atoms with Crippen molar-refractivity contribution in [2.24, 2.45) is 5.73 Å². The summed E-state index contributed by atoms with van der Waals surface area (Å²) in [6.07, 6.45) is 0.276. The summed E-state index contributed by atoms with van der Waals surface area (Å²) >= 11 is 0. The lowest BCUT2D eigenvalue weighted by atomic mass is 10.1. The highest BCUT2D eigenvalue weighted by Crippen LogP contribution is 2.10. The molecule has 0 heterocycles. The lowest BCUT2D eigenvalue weighted by Gasteiger charge is -2.14. The Morgan fingerprint density at radius 1 is 1.33 bits per heavy atom. The molecule has 0 aromatic heterocycles. The first-order valence-corrected chi connectivity index (χ1v) is 5.47. The number of nitrogens with two attached hydrogens (primary N) is 1. The predicted octanol–water partition coefficient (Wildman–Crippen LogP) is -0.149. The number of hydrogen-bond donors (Lipinski definition) is 4. The Hall–Kier alpha value is -2.08. The molecule has 0 saturated heterocycles. The predicted molar refractivity (Wildman–Crippen MR) is 65.0 cm³/mol. The van der Waals surface area contributed by atoms with Gasteiger partial charge in [0.15, 0.2) is 0 Å². The summed E-state index contributed by atoms with van der Waals surface area (Å²) in [6, 6.07) is 4.52. The molecule has 1 aromatic carbocycles. The molecule has 0 aliphatic heterocycles. The molecule has 0 aliphatic carbocycles. The van der Waals surface area contributed by atoms with E-state index in [1.807, 2.05) is 0 Å². The minimum atomic E-state index is -1.11. The van der Waals surface area contributed by atoms with E-state index in [0.29, 0.717) is 0 Å². The molecule has 0 fully saturated rings. The first-order chi connectivity index (χ1) is 8.40. The molecule has 1 unspecified atom stereocenters. The van der Waals surface area contributed by atoms with Crippen LogP contribution in [0.3, 0.4) is 0 Å². The van der Waals surface area contributed by atoms with Gasteiger partial charge in [-0.1, -0.05) is 12.1 Å². The fourth-order valence-corrected chi connectivity index (χ4v) is 1.36. The average Bonchev–Trinajstić information content (AvgIpc) is 2.31. The highest BCUT2D eigenvalue weighted by molar-refractivity contribution is 5.86. The molecular weight excluding hydrogens is 236 g/mol. The van der Waals surface area contributed by atoms with Gasteiger partial charge in [0, 0.05) is 0 Å². The summed E-state index contributed by atoms with van der Waals surface area (Å²) in [6.45, 7) is 1.37. The standard InChI is InChI=1S/C12H16N2O4/c1-7(12(17)18)14-11(16)10(13)6-8-2-4-9(15)5-3-8/h2-5,7,10,15H,6,13H2,1H3,(H,14,16)(H,17,18)/t7-,10?/m1/s1.